The Balaban J connectivity index is 1.71. The van der Waals surface area contributed by atoms with Gasteiger partial charge in [0.1, 0.15) is 0 Å². The van der Waals surface area contributed by atoms with Gasteiger partial charge in [-0.05, 0) is 69.5 Å². The number of allylic oxidation sites excluding steroid dienone is 4. The van der Waals surface area contributed by atoms with Crippen molar-refractivity contribution in [3.05, 3.63) is 65.3 Å². The lowest BCUT2D eigenvalue weighted by Gasteiger charge is -2.20. The molecule has 1 aliphatic carbocycles. The highest BCUT2D eigenvalue weighted by atomic mass is 16.5. The van der Waals surface area contributed by atoms with Crippen LogP contribution in [0.25, 0.3) is 0 Å². The third-order valence-electron chi connectivity index (χ3n) is 5.65. The smallest absolute Gasteiger partial charge is 0.411 e. The molecule has 2 rings (SSSR count). The second kappa shape index (κ2) is 13.5. The first-order valence-corrected chi connectivity index (χ1v) is 11.2. The van der Waals surface area contributed by atoms with Gasteiger partial charge >= 0.3 is 6.09 Å². The summed E-state index contributed by atoms with van der Waals surface area (Å²) in [6, 6.07) is 6.12. The van der Waals surface area contributed by atoms with E-state index in [1.165, 1.54) is 23.3 Å². The summed E-state index contributed by atoms with van der Waals surface area (Å²) < 4.78 is 5.22. The van der Waals surface area contributed by atoms with Crippen LogP contribution in [0.4, 0.5) is 10.5 Å². The van der Waals surface area contributed by atoms with Crippen LogP contribution in [0, 0.1) is 5.92 Å². The second-order valence-corrected chi connectivity index (χ2v) is 7.84. The number of ether oxygens (including phenoxy) is 1. The van der Waals surface area contributed by atoms with Gasteiger partial charge in [0.15, 0.2) is 0 Å². The quantitative estimate of drug-likeness (QED) is 0.207. The van der Waals surface area contributed by atoms with Gasteiger partial charge in [-0.25, -0.2) is 10.3 Å². The minimum Gasteiger partial charge on any atom is -0.449 e. The summed E-state index contributed by atoms with van der Waals surface area (Å²) in [5.74, 6) is -0.204. The SMILES string of the molecule is CCN(CC)CC1=CC=C(C)C(C=CCCOC(=O)Nc2ccc(C(=O)NO)cc2)CC1. The lowest BCUT2D eigenvalue weighted by atomic mass is 9.94. The average Bonchev–Trinajstić information content (AvgIpc) is 2.98. The number of anilines is 1. The summed E-state index contributed by atoms with van der Waals surface area (Å²) in [5, 5.41) is 11.2. The fourth-order valence-corrected chi connectivity index (χ4v) is 3.54. The van der Waals surface area contributed by atoms with E-state index < -0.39 is 12.0 Å². The third-order valence-corrected chi connectivity index (χ3v) is 5.65. The maximum absolute atomic E-state index is 11.9. The Hall–Kier alpha value is -2.90. The van der Waals surface area contributed by atoms with Crippen molar-refractivity contribution < 1.29 is 19.5 Å². The van der Waals surface area contributed by atoms with Gasteiger partial charge in [0, 0.05) is 17.8 Å². The number of nitrogens with zero attached hydrogens (tertiary/aromatic N) is 1. The monoisotopic (exact) mass is 441 g/mol. The second-order valence-electron chi connectivity index (χ2n) is 7.84. The molecule has 0 fully saturated rings. The number of hydrogen-bond acceptors (Lipinski definition) is 5. The van der Waals surface area contributed by atoms with Gasteiger partial charge < -0.3 is 4.74 Å². The van der Waals surface area contributed by atoms with E-state index in [-0.39, 0.29) is 12.2 Å². The summed E-state index contributed by atoms with van der Waals surface area (Å²) in [6.45, 7) is 10.0. The van der Waals surface area contributed by atoms with Crippen LogP contribution in [-0.4, -0.2) is 48.3 Å². The number of likely N-dealkylation sites (N-methyl/N-ethyl adjacent to an activating group) is 1. The number of hydrogen-bond donors (Lipinski definition) is 3. The van der Waals surface area contributed by atoms with Crippen LogP contribution < -0.4 is 10.8 Å². The molecule has 0 saturated carbocycles. The minimum absolute atomic E-state index is 0.286. The number of carbonyl (C=O) groups is 2. The van der Waals surface area contributed by atoms with Crippen molar-refractivity contribution in [1.82, 2.24) is 10.4 Å². The van der Waals surface area contributed by atoms with Crippen molar-refractivity contribution in [2.24, 2.45) is 5.92 Å². The van der Waals surface area contributed by atoms with E-state index in [1.54, 1.807) is 17.6 Å². The zero-order chi connectivity index (χ0) is 23.3. The van der Waals surface area contributed by atoms with Crippen molar-refractivity contribution in [2.45, 2.75) is 40.0 Å². The molecule has 174 valence electrons. The number of nitrogens with one attached hydrogen (secondary N) is 2. The van der Waals surface area contributed by atoms with Gasteiger partial charge in [-0.2, -0.15) is 0 Å². The van der Waals surface area contributed by atoms with E-state index in [4.69, 9.17) is 9.94 Å². The Labute approximate surface area is 190 Å². The Morgan fingerprint density at radius 2 is 1.91 bits per heavy atom. The van der Waals surface area contributed by atoms with Crippen LogP contribution in [-0.2, 0) is 4.74 Å². The summed E-state index contributed by atoms with van der Waals surface area (Å²) in [4.78, 5) is 25.7. The molecule has 32 heavy (non-hydrogen) atoms. The first-order valence-electron chi connectivity index (χ1n) is 11.2. The average molecular weight is 442 g/mol. The van der Waals surface area contributed by atoms with Gasteiger partial charge in [-0.3, -0.25) is 20.2 Å². The molecule has 3 N–H and O–H groups in total. The Bertz CT molecular complexity index is 839. The van der Waals surface area contributed by atoms with Crippen LogP contribution in [0.15, 0.2) is 59.7 Å². The largest absolute Gasteiger partial charge is 0.449 e. The molecule has 0 spiro atoms. The molecule has 0 heterocycles. The highest BCUT2D eigenvalue weighted by molar-refractivity contribution is 5.94. The Morgan fingerprint density at radius 1 is 1.19 bits per heavy atom. The molecule has 1 atom stereocenters. The van der Waals surface area contributed by atoms with E-state index in [0.717, 1.165) is 32.5 Å². The predicted molar refractivity (Wildman–Crippen MR) is 127 cm³/mol. The van der Waals surface area contributed by atoms with Crippen molar-refractivity contribution in [3.63, 3.8) is 0 Å². The van der Waals surface area contributed by atoms with E-state index in [2.05, 4.69) is 55.3 Å². The molecule has 0 saturated heterocycles. The van der Waals surface area contributed by atoms with Crippen LogP contribution in [0.5, 0.6) is 0 Å². The summed E-state index contributed by atoms with van der Waals surface area (Å²) in [6.07, 6.45) is 11.1. The van der Waals surface area contributed by atoms with Crippen LogP contribution in [0.3, 0.4) is 0 Å². The third kappa shape index (κ3) is 8.32. The molecular formula is C25H35N3O4. The van der Waals surface area contributed by atoms with Crippen molar-refractivity contribution in [2.75, 3.05) is 31.6 Å². The van der Waals surface area contributed by atoms with Crippen LogP contribution in [0.2, 0.25) is 0 Å². The van der Waals surface area contributed by atoms with Gasteiger partial charge in [-0.15, -0.1) is 0 Å². The molecule has 7 heteroatoms. The molecule has 0 aliphatic heterocycles. The fourth-order valence-electron chi connectivity index (χ4n) is 3.54. The lowest BCUT2D eigenvalue weighted by molar-refractivity contribution is 0.0706. The summed E-state index contributed by atoms with van der Waals surface area (Å²) >= 11 is 0. The molecule has 7 nitrogen and oxygen atoms in total. The molecule has 0 radical (unpaired) electrons. The highest BCUT2D eigenvalue weighted by Crippen LogP contribution is 2.25. The summed E-state index contributed by atoms with van der Waals surface area (Å²) in [7, 11) is 0. The first-order chi connectivity index (χ1) is 15.5. The van der Waals surface area contributed by atoms with Gasteiger partial charge in [0.05, 0.1) is 6.61 Å². The molecule has 1 unspecified atom stereocenters. The molecule has 1 aliphatic rings. The number of hydroxylamine groups is 1. The van der Waals surface area contributed by atoms with Crippen LogP contribution in [0.1, 0.15) is 50.4 Å². The minimum atomic E-state index is -0.611. The molecular weight excluding hydrogens is 406 g/mol. The van der Waals surface area contributed by atoms with Gasteiger partial charge in [0.2, 0.25) is 0 Å². The van der Waals surface area contributed by atoms with E-state index in [0.29, 0.717) is 18.0 Å². The number of benzene rings is 1. The molecule has 2 amide bonds. The molecule has 0 aromatic heterocycles. The molecule has 1 aromatic rings. The highest BCUT2D eigenvalue weighted by Gasteiger charge is 2.13. The van der Waals surface area contributed by atoms with Crippen LogP contribution >= 0.6 is 0 Å². The molecule has 1 aromatic carbocycles. The lowest BCUT2D eigenvalue weighted by Crippen LogP contribution is -2.25. The van der Waals surface area contributed by atoms with Gasteiger partial charge in [-0.1, -0.05) is 49.3 Å². The van der Waals surface area contributed by atoms with E-state index >= 15 is 0 Å². The normalized spacial score (nSPS) is 16.3. The zero-order valence-corrected chi connectivity index (χ0v) is 19.3. The number of rotatable bonds is 10. The number of amides is 2. The maximum atomic E-state index is 11.9. The molecule has 0 bridgehead atoms. The standard InChI is InChI=1S/C25H35N3O4/c1-4-28(5-2)18-20-10-9-19(3)21(12-11-20)8-6-7-17-32-25(30)26-23-15-13-22(14-16-23)24(29)27-31/h6,8-10,13-16,21,31H,4-5,7,11-12,17-18H2,1-3H3,(H,26,30)(H,27,29). The zero-order valence-electron chi connectivity index (χ0n) is 19.3. The first kappa shape index (κ1) is 25.4. The Morgan fingerprint density at radius 3 is 2.56 bits per heavy atom. The topological polar surface area (TPSA) is 90.9 Å². The van der Waals surface area contributed by atoms with Gasteiger partial charge in [0.25, 0.3) is 5.91 Å². The van der Waals surface area contributed by atoms with Crippen molar-refractivity contribution >= 4 is 17.7 Å². The fraction of sp³-hybridized carbons (Fsp3) is 0.440. The number of carbonyl (C=O) groups excluding carboxylic acids is 2. The maximum Gasteiger partial charge on any atom is 0.411 e. The Kier molecular flexibility index (Phi) is 10.7. The predicted octanol–water partition coefficient (Wildman–Crippen LogP) is 4.92. The van der Waals surface area contributed by atoms with Crippen molar-refractivity contribution in [1.29, 1.82) is 0 Å². The van der Waals surface area contributed by atoms with E-state index in [1.807, 2.05) is 0 Å². The summed E-state index contributed by atoms with van der Waals surface area (Å²) in [5.41, 5.74) is 5.19. The van der Waals surface area contributed by atoms with Crippen molar-refractivity contribution in [3.8, 4) is 0 Å². The van der Waals surface area contributed by atoms with E-state index in [9.17, 15) is 9.59 Å².